The number of hydrogen-bond donors (Lipinski definition) is 1. The number of aryl methyl sites for hydroxylation is 1. The molecule has 0 unspecified atom stereocenters. The van der Waals surface area contributed by atoms with Gasteiger partial charge in [0.2, 0.25) is 10.8 Å². The molecule has 6 nitrogen and oxygen atoms in total. The van der Waals surface area contributed by atoms with E-state index < -0.39 is 0 Å². The summed E-state index contributed by atoms with van der Waals surface area (Å²) >= 11 is 1.52. The van der Waals surface area contributed by atoms with Gasteiger partial charge < -0.3 is 10.0 Å². The Labute approximate surface area is 145 Å². The van der Waals surface area contributed by atoms with Crippen LogP contribution in [0, 0.1) is 6.92 Å². The lowest BCUT2D eigenvalue weighted by molar-refractivity contribution is 0.127. The van der Waals surface area contributed by atoms with Gasteiger partial charge in [0.05, 0.1) is 10.9 Å². The zero-order chi connectivity index (χ0) is 16.7. The summed E-state index contributed by atoms with van der Waals surface area (Å²) in [6.45, 7) is 6.10. The van der Waals surface area contributed by atoms with Gasteiger partial charge in [-0.2, -0.15) is 9.61 Å². The van der Waals surface area contributed by atoms with Crippen molar-refractivity contribution in [2.24, 2.45) is 0 Å². The van der Waals surface area contributed by atoms with E-state index in [1.807, 2.05) is 0 Å². The first-order valence-corrected chi connectivity index (χ1v) is 8.95. The number of benzene rings is 1. The maximum Gasteiger partial charge on any atom is 0.230 e. The van der Waals surface area contributed by atoms with E-state index >= 15 is 0 Å². The van der Waals surface area contributed by atoms with Gasteiger partial charge in [-0.3, -0.25) is 4.90 Å². The van der Waals surface area contributed by atoms with Crippen LogP contribution in [-0.4, -0.2) is 62.7 Å². The van der Waals surface area contributed by atoms with Crippen molar-refractivity contribution in [1.29, 1.82) is 0 Å². The zero-order valence-corrected chi connectivity index (χ0v) is 14.7. The Bertz CT molecular complexity index is 832. The Hall–Kier alpha value is -1.96. The number of likely N-dealkylation sites (N-methyl/N-ethyl adjacent to an activating group) is 1. The minimum absolute atomic E-state index is 0.0350. The van der Waals surface area contributed by atoms with Crippen molar-refractivity contribution < 1.29 is 5.11 Å². The fourth-order valence-corrected chi connectivity index (χ4v) is 4.32. The van der Waals surface area contributed by atoms with Gasteiger partial charge in [0.15, 0.2) is 0 Å². The topological polar surface area (TPSA) is 56.9 Å². The first-order valence-electron chi connectivity index (χ1n) is 8.14. The smallest absolute Gasteiger partial charge is 0.230 e. The molecule has 0 saturated carbocycles. The summed E-state index contributed by atoms with van der Waals surface area (Å²) in [6, 6.07) is 8.62. The highest BCUT2D eigenvalue weighted by Gasteiger charge is 2.30. The molecule has 24 heavy (non-hydrogen) atoms. The van der Waals surface area contributed by atoms with Crippen LogP contribution < -0.4 is 0 Å². The summed E-state index contributed by atoms with van der Waals surface area (Å²) in [5.41, 5.74) is 2.44. The number of rotatable bonds is 3. The standard InChI is InChI=1S/C17H21N5OS/c1-12-3-5-13(6-4-12)14(21-9-7-20(2)8-10-21)15-16(23)22-17(24-15)18-11-19-22/h3-6,11,14,23H,7-10H2,1-2H3/t14-/m0/s1. The fourth-order valence-electron chi connectivity index (χ4n) is 3.23. The number of aromatic nitrogens is 3. The molecule has 0 aliphatic carbocycles. The van der Waals surface area contributed by atoms with Crippen molar-refractivity contribution in [3.8, 4) is 5.88 Å². The molecule has 7 heteroatoms. The number of thiazole rings is 1. The van der Waals surface area contributed by atoms with Crippen molar-refractivity contribution >= 4 is 16.3 Å². The average Bonchev–Trinajstić information content (AvgIpc) is 3.15. The van der Waals surface area contributed by atoms with E-state index in [1.54, 1.807) is 0 Å². The van der Waals surface area contributed by atoms with Gasteiger partial charge in [-0.1, -0.05) is 41.2 Å². The normalized spacial score (nSPS) is 18.2. The monoisotopic (exact) mass is 343 g/mol. The molecule has 1 atom stereocenters. The Morgan fingerprint density at radius 1 is 1.12 bits per heavy atom. The van der Waals surface area contributed by atoms with Crippen molar-refractivity contribution in [2.45, 2.75) is 13.0 Å². The molecule has 0 amide bonds. The van der Waals surface area contributed by atoms with Crippen LogP contribution in [0.3, 0.4) is 0 Å². The van der Waals surface area contributed by atoms with Gasteiger partial charge in [-0.15, -0.1) is 0 Å². The van der Waals surface area contributed by atoms with Gasteiger partial charge in [0, 0.05) is 26.2 Å². The summed E-state index contributed by atoms with van der Waals surface area (Å²) in [6.07, 6.45) is 1.48. The fraction of sp³-hybridized carbons (Fsp3) is 0.412. The summed E-state index contributed by atoms with van der Waals surface area (Å²) < 4.78 is 1.53. The largest absolute Gasteiger partial charge is 0.492 e. The van der Waals surface area contributed by atoms with Crippen LogP contribution in [0.4, 0.5) is 0 Å². The molecule has 0 bridgehead atoms. The molecule has 3 aromatic rings. The van der Waals surface area contributed by atoms with Crippen LogP contribution in [-0.2, 0) is 0 Å². The quantitative estimate of drug-likeness (QED) is 0.790. The molecule has 1 aromatic carbocycles. The Kier molecular flexibility index (Phi) is 3.99. The first kappa shape index (κ1) is 15.6. The molecule has 1 saturated heterocycles. The van der Waals surface area contributed by atoms with Crippen LogP contribution in [0.15, 0.2) is 30.6 Å². The Balaban J connectivity index is 1.78. The lowest BCUT2D eigenvalue weighted by atomic mass is 10.0. The van der Waals surface area contributed by atoms with Crippen LogP contribution in [0.5, 0.6) is 5.88 Å². The van der Waals surface area contributed by atoms with E-state index in [2.05, 4.69) is 58.1 Å². The number of aromatic hydroxyl groups is 1. The predicted molar refractivity (Wildman–Crippen MR) is 94.6 cm³/mol. The van der Waals surface area contributed by atoms with Crippen LogP contribution in [0.2, 0.25) is 0 Å². The molecule has 2 aromatic heterocycles. The summed E-state index contributed by atoms with van der Waals surface area (Å²) in [5, 5.41) is 14.8. The van der Waals surface area contributed by atoms with Crippen LogP contribution in [0.25, 0.3) is 4.96 Å². The van der Waals surface area contributed by atoms with Crippen LogP contribution >= 0.6 is 11.3 Å². The molecule has 1 fully saturated rings. The van der Waals surface area contributed by atoms with Gasteiger partial charge in [-0.25, -0.2) is 4.98 Å². The second-order valence-electron chi connectivity index (χ2n) is 6.40. The molecule has 0 radical (unpaired) electrons. The van der Waals surface area contributed by atoms with Gasteiger partial charge in [-0.05, 0) is 19.5 Å². The minimum atomic E-state index is 0.0350. The Morgan fingerprint density at radius 2 is 1.83 bits per heavy atom. The molecule has 4 rings (SSSR count). The first-order chi connectivity index (χ1) is 11.6. The summed E-state index contributed by atoms with van der Waals surface area (Å²) in [7, 11) is 2.15. The predicted octanol–water partition coefficient (Wildman–Crippen LogP) is 2.14. The van der Waals surface area contributed by atoms with E-state index in [1.165, 1.54) is 33.3 Å². The summed E-state index contributed by atoms with van der Waals surface area (Å²) in [5.74, 6) is 0.206. The third-order valence-electron chi connectivity index (χ3n) is 4.68. The maximum absolute atomic E-state index is 10.7. The maximum atomic E-state index is 10.7. The molecule has 1 aliphatic rings. The summed E-state index contributed by atoms with van der Waals surface area (Å²) in [4.78, 5) is 10.7. The van der Waals surface area contributed by atoms with E-state index in [0.717, 1.165) is 36.0 Å². The SMILES string of the molecule is Cc1ccc([C@@H](c2sc3ncnn3c2O)N2CCN(C)CC2)cc1. The van der Waals surface area contributed by atoms with Gasteiger partial charge in [0.25, 0.3) is 0 Å². The van der Waals surface area contributed by atoms with Gasteiger partial charge in [0.1, 0.15) is 6.33 Å². The van der Waals surface area contributed by atoms with E-state index in [4.69, 9.17) is 0 Å². The highest BCUT2D eigenvalue weighted by Crippen LogP contribution is 2.39. The number of piperazine rings is 1. The molecular weight excluding hydrogens is 322 g/mol. The molecular formula is C17H21N5OS. The lowest BCUT2D eigenvalue weighted by Crippen LogP contribution is -2.46. The van der Waals surface area contributed by atoms with Crippen molar-refractivity contribution in [3.63, 3.8) is 0 Å². The second kappa shape index (κ2) is 6.16. The molecule has 126 valence electrons. The number of fused-ring (bicyclic) bond motifs is 1. The number of hydrogen-bond acceptors (Lipinski definition) is 6. The second-order valence-corrected chi connectivity index (χ2v) is 7.41. The molecule has 1 N–H and O–H groups in total. The van der Waals surface area contributed by atoms with Crippen molar-refractivity contribution in [2.75, 3.05) is 33.2 Å². The third kappa shape index (κ3) is 2.68. The van der Waals surface area contributed by atoms with Crippen molar-refractivity contribution in [1.82, 2.24) is 24.4 Å². The average molecular weight is 343 g/mol. The lowest BCUT2D eigenvalue weighted by Gasteiger charge is -2.37. The molecule has 1 aliphatic heterocycles. The highest BCUT2D eigenvalue weighted by molar-refractivity contribution is 7.17. The highest BCUT2D eigenvalue weighted by atomic mass is 32.1. The van der Waals surface area contributed by atoms with E-state index in [9.17, 15) is 5.11 Å². The Morgan fingerprint density at radius 3 is 2.50 bits per heavy atom. The third-order valence-corrected chi connectivity index (χ3v) is 5.77. The molecule has 0 spiro atoms. The zero-order valence-electron chi connectivity index (χ0n) is 13.9. The molecule has 3 heterocycles. The van der Waals surface area contributed by atoms with Crippen molar-refractivity contribution in [3.05, 3.63) is 46.6 Å². The van der Waals surface area contributed by atoms with E-state index in [-0.39, 0.29) is 11.9 Å². The van der Waals surface area contributed by atoms with Crippen LogP contribution in [0.1, 0.15) is 22.0 Å². The van der Waals surface area contributed by atoms with E-state index in [0.29, 0.717) is 0 Å². The number of nitrogens with zero attached hydrogens (tertiary/aromatic N) is 5. The van der Waals surface area contributed by atoms with Gasteiger partial charge >= 0.3 is 0 Å². The minimum Gasteiger partial charge on any atom is -0.492 e.